The van der Waals surface area contributed by atoms with E-state index in [-0.39, 0.29) is 5.41 Å². The SMILES string of the molecule is COC1CC(C)=C(C=CC(C)=CC[P+](c2ccccc2)(c2ccccc2)c2ccccc2)C(C)(C)C1. The monoisotopic (exact) mass is 495 g/mol. The molecule has 1 aliphatic carbocycles. The van der Waals surface area contributed by atoms with Crippen LogP contribution in [0.3, 0.4) is 0 Å². The number of allylic oxidation sites excluding steroid dienone is 5. The van der Waals surface area contributed by atoms with E-state index in [0.29, 0.717) is 6.10 Å². The van der Waals surface area contributed by atoms with E-state index in [1.807, 2.05) is 7.11 Å². The highest BCUT2D eigenvalue weighted by molar-refractivity contribution is 7.95. The Morgan fingerprint density at radius 1 is 0.861 bits per heavy atom. The van der Waals surface area contributed by atoms with Crippen molar-refractivity contribution in [1.29, 1.82) is 0 Å². The molecule has 3 aromatic rings. The average molecular weight is 496 g/mol. The third-order valence-corrected chi connectivity index (χ3v) is 11.9. The Morgan fingerprint density at radius 3 is 1.75 bits per heavy atom. The summed E-state index contributed by atoms with van der Waals surface area (Å²) >= 11 is 0. The summed E-state index contributed by atoms with van der Waals surface area (Å²) in [6.45, 7) is 9.20. The van der Waals surface area contributed by atoms with Gasteiger partial charge in [0, 0.05) is 7.11 Å². The second-order valence-electron chi connectivity index (χ2n) is 10.6. The van der Waals surface area contributed by atoms with Crippen molar-refractivity contribution in [3.63, 3.8) is 0 Å². The molecule has 0 fully saturated rings. The number of rotatable bonds is 8. The van der Waals surface area contributed by atoms with E-state index in [0.717, 1.165) is 19.0 Å². The molecule has 1 atom stereocenters. The predicted octanol–water partition coefficient (Wildman–Crippen LogP) is 7.63. The maximum atomic E-state index is 5.71. The Bertz CT molecular complexity index is 1120. The lowest BCUT2D eigenvalue weighted by Crippen LogP contribution is -2.33. The van der Waals surface area contributed by atoms with Gasteiger partial charge in [-0.15, -0.1) is 0 Å². The van der Waals surface area contributed by atoms with Gasteiger partial charge < -0.3 is 4.74 Å². The van der Waals surface area contributed by atoms with Crippen molar-refractivity contribution < 1.29 is 4.74 Å². The van der Waals surface area contributed by atoms with Crippen LogP contribution in [0.15, 0.2) is 126 Å². The average Bonchev–Trinajstić information content (AvgIpc) is 2.90. The van der Waals surface area contributed by atoms with Crippen LogP contribution in [0.1, 0.15) is 40.5 Å². The Kier molecular flexibility index (Phi) is 8.45. The maximum Gasteiger partial charge on any atom is 0.115 e. The Labute approximate surface area is 219 Å². The van der Waals surface area contributed by atoms with Crippen LogP contribution in [0.2, 0.25) is 0 Å². The molecule has 0 heterocycles. The Morgan fingerprint density at radius 2 is 1.33 bits per heavy atom. The van der Waals surface area contributed by atoms with Crippen LogP contribution in [0.5, 0.6) is 0 Å². The van der Waals surface area contributed by atoms with Gasteiger partial charge in [-0.1, -0.05) is 91.7 Å². The third-order valence-electron chi connectivity index (χ3n) is 7.59. The number of hydrogen-bond acceptors (Lipinski definition) is 1. The topological polar surface area (TPSA) is 9.23 Å². The lowest BCUT2D eigenvalue weighted by Gasteiger charge is -2.37. The highest BCUT2D eigenvalue weighted by atomic mass is 31.2. The zero-order valence-corrected chi connectivity index (χ0v) is 23.3. The van der Waals surface area contributed by atoms with Gasteiger partial charge in [-0.2, -0.15) is 0 Å². The summed E-state index contributed by atoms with van der Waals surface area (Å²) < 4.78 is 5.71. The van der Waals surface area contributed by atoms with E-state index in [2.05, 4.69) is 137 Å². The summed E-state index contributed by atoms with van der Waals surface area (Å²) in [5.74, 6) is 0. The highest BCUT2D eigenvalue weighted by Crippen LogP contribution is 2.55. The van der Waals surface area contributed by atoms with E-state index < -0.39 is 7.26 Å². The third kappa shape index (κ3) is 5.64. The van der Waals surface area contributed by atoms with Crippen molar-refractivity contribution >= 4 is 23.2 Å². The first-order valence-electron chi connectivity index (χ1n) is 13.0. The molecular weight excluding hydrogens is 455 g/mol. The van der Waals surface area contributed by atoms with Crippen LogP contribution in [0, 0.1) is 5.41 Å². The first-order chi connectivity index (χ1) is 17.4. The van der Waals surface area contributed by atoms with E-state index >= 15 is 0 Å². The van der Waals surface area contributed by atoms with Crippen LogP contribution < -0.4 is 15.9 Å². The van der Waals surface area contributed by atoms with E-state index in [4.69, 9.17) is 4.74 Å². The highest BCUT2D eigenvalue weighted by Gasteiger charge is 2.44. The van der Waals surface area contributed by atoms with Gasteiger partial charge in [0.05, 0.1) is 12.3 Å². The molecule has 0 bridgehead atoms. The van der Waals surface area contributed by atoms with Crippen LogP contribution in [-0.2, 0) is 4.74 Å². The molecule has 0 saturated heterocycles. The molecule has 2 heteroatoms. The molecular formula is C34H40OP+. The minimum absolute atomic E-state index is 0.120. The minimum atomic E-state index is -1.85. The van der Waals surface area contributed by atoms with Crippen molar-refractivity contribution in [2.45, 2.75) is 46.6 Å². The number of ether oxygens (including phenoxy) is 1. The summed E-state index contributed by atoms with van der Waals surface area (Å²) in [6, 6.07) is 33.3. The first-order valence-corrected chi connectivity index (χ1v) is 15.0. The van der Waals surface area contributed by atoms with Gasteiger partial charge in [0.1, 0.15) is 23.2 Å². The smallest absolute Gasteiger partial charge is 0.115 e. The number of benzene rings is 3. The lowest BCUT2D eigenvalue weighted by molar-refractivity contribution is 0.0627. The fraction of sp³-hybridized carbons (Fsp3) is 0.294. The Balaban J connectivity index is 1.74. The zero-order chi connectivity index (χ0) is 25.6. The van der Waals surface area contributed by atoms with Crippen LogP contribution in [0.4, 0.5) is 0 Å². The van der Waals surface area contributed by atoms with Gasteiger partial charge in [-0.25, -0.2) is 0 Å². The van der Waals surface area contributed by atoms with Crippen molar-refractivity contribution in [3.8, 4) is 0 Å². The molecule has 0 aliphatic heterocycles. The van der Waals surface area contributed by atoms with Gasteiger partial charge in [0.15, 0.2) is 0 Å². The fourth-order valence-electron chi connectivity index (χ4n) is 5.69. The molecule has 4 rings (SSSR count). The molecule has 1 aliphatic rings. The summed E-state index contributed by atoms with van der Waals surface area (Å²) in [4.78, 5) is 0. The van der Waals surface area contributed by atoms with Crippen molar-refractivity contribution in [1.82, 2.24) is 0 Å². The van der Waals surface area contributed by atoms with Gasteiger partial charge in [0.25, 0.3) is 0 Å². The summed E-state index contributed by atoms with van der Waals surface area (Å²) in [7, 11) is -0.0153. The van der Waals surface area contributed by atoms with E-state index in [1.54, 1.807) is 0 Å². The molecule has 0 spiro atoms. The van der Waals surface area contributed by atoms with E-state index in [9.17, 15) is 0 Å². The van der Waals surface area contributed by atoms with Crippen molar-refractivity contribution in [2.75, 3.05) is 13.3 Å². The van der Waals surface area contributed by atoms with Crippen LogP contribution >= 0.6 is 7.26 Å². The van der Waals surface area contributed by atoms with Crippen LogP contribution in [0.25, 0.3) is 0 Å². The van der Waals surface area contributed by atoms with Gasteiger partial charge in [0.2, 0.25) is 0 Å². The standard InChI is InChI=1S/C34H40OP/c1-27(21-22-33-28(2)25-29(35-5)26-34(33,3)4)23-24-36(30-15-9-6-10-16-30,31-17-11-7-12-18-31)32-19-13-8-14-20-32/h6-23,29H,24-26H2,1-5H3/q+1. The molecule has 0 radical (unpaired) electrons. The van der Waals surface area contributed by atoms with Crippen molar-refractivity contribution in [2.24, 2.45) is 5.41 Å². The summed E-state index contributed by atoms with van der Waals surface area (Å²) in [5.41, 5.74) is 4.34. The van der Waals surface area contributed by atoms with Gasteiger partial charge >= 0.3 is 0 Å². The quantitative estimate of drug-likeness (QED) is 0.231. The first kappa shape index (κ1) is 26.3. The number of methoxy groups -OCH3 is 1. The van der Waals surface area contributed by atoms with Gasteiger partial charge in [-0.05, 0) is 80.2 Å². The molecule has 1 unspecified atom stereocenters. The molecule has 0 N–H and O–H groups in total. The molecule has 3 aromatic carbocycles. The van der Waals surface area contributed by atoms with Crippen LogP contribution in [-0.4, -0.2) is 19.4 Å². The second-order valence-corrected chi connectivity index (χ2v) is 14.2. The molecule has 0 amide bonds. The molecule has 1 nitrogen and oxygen atoms in total. The summed E-state index contributed by atoms with van der Waals surface area (Å²) in [6.07, 6.45) is 10.5. The molecule has 0 aromatic heterocycles. The van der Waals surface area contributed by atoms with E-state index in [1.165, 1.54) is 32.6 Å². The fourth-order valence-corrected chi connectivity index (χ4v) is 9.82. The molecule has 186 valence electrons. The normalized spacial score (nSPS) is 18.6. The Hall–Kier alpha value is -2.73. The molecule has 0 saturated carbocycles. The maximum absolute atomic E-state index is 5.71. The zero-order valence-electron chi connectivity index (χ0n) is 22.4. The van der Waals surface area contributed by atoms with Crippen molar-refractivity contribution in [3.05, 3.63) is 126 Å². The predicted molar refractivity (Wildman–Crippen MR) is 159 cm³/mol. The van der Waals surface area contributed by atoms with Gasteiger partial charge in [-0.3, -0.25) is 0 Å². The summed E-state index contributed by atoms with van der Waals surface area (Å²) in [5, 5.41) is 4.27. The lowest BCUT2D eigenvalue weighted by atomic mass is 9.71. The number of hydrogen-bond donors (Lipinski definition) is 0. The second kappa shape index (κ2) is 11.5. The largest absolute Gasteiger partial charge is 0.381 e. The molecule has 36 heavy (non-hydrogen) atoms. The minimum Gasteiger partial charge on any atom is -0.381 e.